The van der Waals surface area contributed by atoms with E-state index in [0.29, 0.717) is 18.7 Å². The van der Waals surface area contributed by atoms with Gasteiger partial charge in [0.1, 0.15) is 0 Å². The van der Waals surface area contributed by atoms with Gasteiger partial charge in [-0.05, 0) is 63.2 Å². The van der Waals surface area contributed by atoms with Crippen LogP contribution in [0.4, 0.5) is 4.79 Å². The molecule has 0 heterocycles. The standard InChI is InChI=1S/C24H34N4O2/c1-6-18-7-11-20(12-8-18)22(28(4)5)16-25-23(29)21-13-9-19(10-14-21)15-26-24(30)27-17(2)3/h7-14,17,22H,6,15-16H2,1-5H3,(H,25,29)(H2,26,27,30). The molecule has 6 nitrogen and oxygen atoms in total. The summed E-state index contributed by atoms with van der Waals surface area (Å²) in [6.45, 7) is 6.90. The smallest absolute Gasteiger partial charge is 0.315 e. The SMILES string of the molecule is CCc1ccc(C(CNC(=O)c2ccc(CNC(=O)NC(C)C)cc2)N(C)C)cc1. The lowest BCUT2D eigenvalue weighted by atomic mass is 10.0. The Bertz CT molecular complexity index is 814. The number of carbonyl (C=O) groups is 2. The predicted octanol–water partition coefficient (Wildman–Crippen LogP) is 3.49. The number of aryl methyl sites for hydroxylation is 1. The molecule has 2 rings (SSSR count). The molecular weight excluding hydrogens is 376 g/mol. The molecule has 30 heavy (non-hydrogen) atoms. The van der Waals surface area contributed by atoms with Gasteiger partial charge < -0.3 is 20.9 Å². The summed E-state index contributed by atoms with van der Waals surface area (Å²) < 4.78 is 0. The molecule has 1 unspecified atom stereocenters. The Hall–Kier alpha value is -2.86. The third-order valence-corrected chi connectivity index (χ3v) is 4.94. The Kier molecular flexibility index (Phi) is 8.87. The highest BCUT2D eigenvalue weighted by molar-refractivity contribution is 5.94. The molecule has 0 saturated carbocycles. The van der Waals surface area contributed by atoms with Crippen molar-refractivity contribution in [3.8, 4) is 0 Å². The van der Waals surface area contributed by atoms with Gasteiger partial charge in [-0.2, -0.15) is 0 Å². The monoisotopic (exact) mass is 410 g/mol. The van der Waals surface area contributed by atoms with Crippen LogP contribution in [-0.4, -0.2) is 43.5 Å². The first-order valence-electron chi connectivity index (χ1n) is 10.5. The van der Waals surface area contributed by atoms with E-state index < -0.39 is 0 Å². The van der Waals surface area contributed by atoms with Gasteiger partial charge in [-0.3, -0.25) is 4.79 Å². The van der Waals surface area contributed by atoms with Crippen molar-refractivity contribution >= 4 is 11.9 Å². The molecule has 0 bridgehead atoms. The number of likely N-dealkylation sites (N-methyl/N-ethyl adjacent to an activating group) is 1. The normalized spacial score (nSPS) is 12.0. The van der Waals surface area contributed by atoms with Crippen LogP contribution in [0.1, 0.15) is 53.9 Å². The summed E-state index contributed by atoms with van der Waals surface area (Å²) in [4.78, 5) is 26.4. The largest absolute Gasteiger partial charge is 0.350 e. The zero-order valence-electron chi connectivity index (χ0n) is 18.7. The highest BCUT2D eigenvalue weighted by Crippen LogP contribution is 2.18. The van der Waals surface area contributed by atoms with Crippen LogP contribution in [0.15, 0.2) is 48.5 Å². The Morgan fingerprint density at radius 2 is 1.50 bits per heavy atom. The van der Waals surface area contributed by atoms with Crippen LogP contribution in [0, 0.1) is 0 Å². The van der Waals surface area contributed by atoms with Gasteiger partial charge in [-0.1, -0.05) is 43.3 Å². The fraction of sp³-hybridized carbons (Fsp3) is 0.417. The van der Waals surface area contributed by atoms with Crippen molar-refractivity contribution in [3.63, 3.8) is 0 Å². The molecule has 3 amide bonds. The molecular formula is C24H34N4O2. The molecule has 6 heteroatoms. The number of carbonyl (C=O) groups excluding carboxylic acids is 2. The highest BCUT2D eigenvalue weighted by atomic mass is 16.2. The van der Waals surface area contributed by atoms with Crippen LogP contribution in [0.3, 0.4) is 0 Å². The Labute approximate surface area is 180 Å². The number of hydrogen-bond acceptors (Lipinski definition) is 3. The lowest BCUT2D eigenvalue weighted by molar-refractivity contribution is 0.0942. The third-order valence-electron chi connectivity index (χ3n) is 4.94. The van der Waals surface area contributed by atoms with E-state index in [1.807, 2.05) is 40.1 Å². The summed E-state index contributed by atoms with van der Waals surface area (Å²) in [6, 6.07) is 15.8. The number of nitrogens with one attached hydrogen (secondary N) is 3. The van der Waals surface area contributed by atoms with E-state index in [2.05, 4.69) is 52.0 Å². The zero-order valence-corrected chi connectivity index (χ0v) is 18.7. The topological polar surface area (TPSA) is 73.5 Å². The van der Waals surface area contributed by atoms with Gasteiger partial charge in [-0.25, -0.2) is 4.79 Å². The fourth-order valence-corrected chi connectivity index (χ4v) is 3.14. The van der Waals surface area contributed by atoms with Crippen molar-refractivity contribution in [2.45, 2.75) is 45.8 Å². The zero-order chi connectivity index (χ0) is 22.1. The van der Waals surface area contributed by atoms with Crippen molar-refractivity contribution in [2.75, 3.05) is 20.6 Å². The molecule has 0 fully saturated rings. The molecule has 0 radical (unpaired) electrons. The van der Waals surface area contributed by atoms with Gasteiger partial charge in [0.15, 0.2) is 0 Å². The summed E-state index contributed by atoms with van der Waals surface area (Å²) >= 11 is 0. The molecule has 2 aromatic rings. The van der Waals surface area contributed by atoms with E-state index in [-0.39, 0.29) is 24.0 Å². The number of nitrogens with zero attached hydrogens (tertiary/aromatic N) is 1. The molecule has 3 N–H and O–H groups in total. The average Bonchev–Trinajstić information content (AvgIpc) is 2.72. The molecule has 1 atom stereocenters. The van der Waals surface area contributed by atoms with Gasteiger partial charge in [-0.15, -0.1) is 0 Å². The van der Waals surface area contributed by atoms with E-state index in [0.717, 1.165) is 12.0 Å². The predicted molar refractivity (Wildman–Crippen MR) is 122 cm³/mol. The average molecular weight is 411 g/mol. The quantitative estimate of drug-likeness (QED) is 0.592. The van der Waals surface area contributed by atoms with Crippen molar-refractivity contribution in [1.82, 2.24) is 20.9 Å². The molecule has 0 aromatic heterocycles. The van der Waals surface area contributed by atoms with Crippen LogP contribution in [0.2, 0.25) is 0 Å². The van der Waals surface area contributed by atoms with Crippen LogP contribution in [0.5, 0.6) is 0 Å². The number of benzene rings is 2. The van der Waals surface area contributed by atoms with Gasteiger partial charge in [0.25, 0.3) is 5.91 Å². The minimum Gasteiger partial charge on any atom is -0.350 e. The van der Waals surface area contributed by atoms with E-state index in [9.17, 15) is 9.59 Å². The van der Waals surface area contributed by atoms with Gasteiger partial charge in [0.05, 0.1) is 6.04 Å². The number of rotatable bonds is 9. The minimum absolute atomic E-state index is 0.0895. The van der Waals surface area contributed by atoms with Gasteiger partial charge >= 0.3 is 6.03 Å². The summed E-state index contributed by atoms with van der Waals surface area (Å²) in [6.07, 6.45) is 1.01. The van der Waals surface area contributed by atoms with E-state index >= 15 is 0 Å². The van der Waals surface area contributed by atoms with Crippen molar-refractivity contribution in [3.05, 3.63) is 70.8 Å². The van der Waals surface area contributed by atoms with Crippen LogP contribution >= 0.6 is 0 Å². The maximum absolute atomic E-state index is 12.6. The van der Waals surface area contributed by atoms with E-state index in [1.165, 1.54) is 11.1 Å². The van der Waals surface area contributed by atoms with E-state index in [4.69, 9.17) is 0 Å². The molecule has 0 aliphatic rings. The van der Waals surface area contributed by atoms with Crippen molar-refractivity contribution in [2.24, 2.45) is 0 Å². The second-order valence-corrected chi connectivity index (χ2v) is 7.96. The first-order chi connectivity index (χ1) is 14.3. The lowest BCUT2D eigenvalue weighted by Crippen LogP contribution is -2.39. The minimum atomic E-state index is -0.200. The number of hydrogen-bond donors (Lipinski definition) is 3. The van der Waals surface area contributed by atoms with Crippen LogP contribution in [-0.2, 0) is 13.0 Å². The van der Waals surface area contributed by atoms with Crippen LogP contribution < -0.4 is 16.0 Å². The summed E-state index contributed by atoms with van der Waals surface area (Å²) in [5, 5.41) is 8.62. The molecule has 0 spiro atoms. The summed E-state index contributed by atoms with van der Waals surface area (Å²) in [5.41, 5.74) is 4.02. The summed E-state index contributed by atoms with van der Waals surface area (Å²) in [5.74, 6) is -0.107. The van der Waals surface area contributed by atoms with Crippen molar-refractivity contribution < 1.29 is 9.59 Å². The summed E-state index contributed by atoms with van der Waals surface area (Å²) in [7, 11) is 4.03. The van der Waals surface area contributed by atoms with Gasteiger partial charge in [0, 0.05) is 24.7 Å². The molecule has 2 aromatic carbocycles. The molecule has 0 saturated heterocycles. The fourth-order valence-electron chi connectivity index (χ4n) is 3.14. The Balaban J connectivity index is 1.91. The maximum Gasteiger partial charge on any atom is 0.315 e. The Morgan fingerprint density at radius 3 is 2.03 bits per heavy atom. The van der Waals surface area contributed by atoms with E-state index in [1.54, 1.807) is 12.1 Å². The molecule has 0 aliphatic heterocycles. The van der Waals surface area contributed by atoms with Crippen molar-refractivity contribution in [1.29, 1.82) is 0 Å². The molecule has 162 valence electrons. The first-order valence-corrected chi connectivity index (χ1v) is 10.5. The second kappa shape index (κ2) is 11.4. The second-order valence-electron chi connectivity index (χ2n) is 7.96. The lowest BCUT2D eigenvalue weighted by Gasteiger charge is -2.25. The van der Waals surface area contributed by atoms with Crippen LogP contribution in [0.25, 0.3) is 0 Å². The molecule has 0 aliphatic carbocycles. The Morgan fingerprint density at radius 1 is 0.900 bits per heavy atom. The number of amides is 3. The highest BCUT2D eigenvalue weighted by Gasteiger charge is 2.16. The maximum atomic E-state index is 12.6. The first kappa shape index (κ1) is 23.4. The van der Waals surface area contributed by atoms with Gasteiger partial charge in [0.2, 0.25) is 0 Å². The third kappa shape index (κ3) is 7.19. The number of urea groups is 1.